The van der Waals surface area contributed by atoms with Crippen LogP contribution in [0.15, 0.2) is 0 Å². The van der Waals surface area contributed by atoms with Crippen molar-refractivity contribution < 1.29 is 42.1 Å². The van der Waals surface area contributed by atoms with Crippen LogP contribution in [0.1, 0.15) is 20.8 Å². The van der Waals surface area contributed by atoms with E-state index in [-0.39, 0.29) is 0 Å². The van der Waals surface area contributed by atoms with Crippen LogP contribution in [0, 0.1) is 0 Å². The van der Waals surface area contributed by atoms with Crippen LogP contribution >= 0.6 is 0 Å². The van der Waals surface area contributed by atoms with Crippen LogP contribution in [0.5, 0.6) is 0 Å². The van der Waals surface area contributed by atoms with Crippen molar-refractivity contribution >= 4 is 17.9 Å². The molecule has 0 saturated carbocycles. The zero-order chi connectivity index (χ0) is 16.2. The molecule has 5 atom stereocenters. The largest absolute Gasteiger partial charge is 0.463 e. The van der Waals surface area contributed by atoms with Gasteiger partial charge in [-0.05, 0) is 0 Å². The molecule has 120 valence electrons. The molecule has 1 aliphatic rings. The first kappa shape index (κ1) is 17.3. The van der Waals surface area contributed by atoms with Gasteiger partial charge in [-0.3, -0.25) is 14.4 Å². The monoisotopic (exact) mass is 310 g/mol. The third kappa shape index (κ3) is 4.92. The predicted molar refractivity (Wildman–Crippen MR) is 62.4 cm³/mol. The van der Waals surface area contributed by atoms with E-state index in [4.69, 9.17) is 4.74 Å². The second kappa shape index (κ2) is 7.30. The Morgan fingerprint density at radius 2 is 1.48 bits per heavy atom. The minimum Gasteiger partial charge on any atom is -0.463 e. The van der Waals surface area contributed by atoms with Crippen molar-refractivity contribution in [2.75, 3.05) is 6.61 Å². The summed E-state index contributed by atoms with van der Waals surface area (Å²) >= 11 is 0. The van der Waals surface area contributed by atoms with Crippen molar-refractivity contribution in [1.29, 1.82) is 0 Å². The van der Waals surface area contributed by atoms with Crippen molar-refractivity contribution in [2.45, 2.75) is 51.6 Å². The summed E-state index contributed by atoms with van der Waals surface area (Å²) in [6.07, 6.45) is -9.12. The van der Waals surface area contributed by atoms with Gasteiger partial charge in [0.2, 0.25) is 6.36 Å². The summed E-state index contributed by atoms with van der Waals surface area (Å²) in [5, 5.41) is 0. The van der Waals surface area contributed by atoms with Gasteiger partial charge in [-0.15, -0.1) is 0 Å². The van der Waals surface area contributed by atoms with Crippen molar-refractivity contribution in [1.82, 2.24) is 0 Å². The van der Waals surface area contributed by atoms with E-state index in [1.807, 2.05) is 0 Å². The molecule has 0 spiro atoms. The van der Waals surface area contributed by atoms with Crippen LogP contribution in [0.2, 0.25) is 0 Å². The number of hydrogen-bond acceptors (Lipinski definition) is 7. The van der Waals surface area contributed by atoms with Gasteiger partial charge in [0.25, 0.3) is 0 Å². The van der Waals surface area contributed by atoms with Crippen LogP contribution in [0.4, 0.5) is 8.78 Å². The Morgan fingerprint density at radius 3 is 1.95 bits per heavy atom. The van der Waals surface area contributed by atoms with Crippen LogP contribution in [-0.2, 0) is 33.3 Å². The molecule has 5 unspecified atom stereocenters. The lowest BCUT2D eigenvalue weighted by Gasteiger charge is -2.39. The van der Waals surface area contributed by atoms with Gasteiger partial charge in [-0.2, -0.15) is 0 Å². The Hall–Kier alpha value is -1.77. The van der Waals surface area contributed by atoms with Gasteiger partial charge in [-0.1, -0.05) is 0 Å². The van der Waals surface area contributed by atoms with Crippen LogP contribution in [0.3, 0.4) is 0 Å². The molecule has 1 fully saturated rings. The molecular weight excluding hydrogens is 294 g/mol. The highest BCUT2D eigenvalue weighted by Gasteiger charge is 2.51. The van der Waals surface area contributed by atoms with E-state index in [0.29, 0.717) is 0 Å². The van der Waals surface area contributed by atoms with Gasteiger partial charge in [0.15, 0.2) is 18.4 Å². The van der Waals surface area contributed by atoms with Crippen molar-refractivity contribution in [2.24, 2.45) is 0 Å². The summed E-state index contributed by atoms with van der Waals surface area (Å²) in [5.74, 6) is -2.36. The number of alkyl halides is 2. The van der Waals surface area contributed by atoms with Crippen LogP contribution < -0.4 is 0 Å². The van der Waals surface area contributed by atoms with E-state index in [1.165, 1.54) is 0 Å². The topological polar surface area (TPSA) is 88.1 Å². The number of carbonyl (C=O) groups is 3. The molecule has 0 aromatic carbocycles. The SMILES string of the molecule is CC(=O)OCC1OC(F)C(F)C(OC(C)=O)C1OC(C)=O. The van der Waals surface area contributed by atoms with E-state index in [2.05, 4.69) is 14.2 Å². The Morgan fingerprint density at radius 1 is 0.952 bits per heavy atom. The number of halogens is 2. The fourth-order valence-corrected chi connectivity index (χ4v) is 1.85. The molecule has 0 aromatic rings. The van der Waals surface area contributed by atoms with Crippen molar-refractivity contribution in [3.63, 3.8) is 0 Å². The standard InChI is InChI=1S/C12H16F2O7/c1-5(15)18-4-8-10(19-6(2)16)11(20-7(3)17)9(13)12(14)21-8/h8-12H,4H2,1-3H3. The predicted octanol–water partition coefficient (Wildman–Crippen LogP) is 0.445. The summed E-state index contributed by atoms with van der Waals surface area (Å²) in [6, 6.07) is 0. The molecule has 7 nitrogen and oxygen atoms in total. The fourth-order valence-electron chi connectivity index (χ4n) is 1.85. The molecule has 0 radical (unpaired) electrons. The summed E-state index contributed by atoms with van der Waals surface area (Å²) in [5.41, 5.74) is 0. The molecule has 1 aliphatic heterocycles. The second-order valence-corrected chi connectivity index (χ2v) is 4.42. The third-order valence-electron chi connectivity index (χ3n) is 2.61. The Kier molecular flexibility index (Phi) is 6.01. The maximum Gasteiger partial charge on any atom is 0.303 e. The Bertz CT molecular complexity index is 414. The zero-order valence-corrected chi connectivity index (χ0v) is 11.7. The normalized spacial score (nSPS) is 32.1. The van der Waals surface area contributed by atoms with Crippen molar-refractivity contribution in [3.05, 3.63) is 0 Å². The maximum absolute atomic E-state index is 13.8. The lowest BCUT2D eigenvalue weighted by molar-refractivity contribution is -0.259. The highest BCUT2D eigenvalue weighted by Crippen LogP contribution is 2.29. The molecule has 0 aromatic heterocycles. The second-order valence-electron chi connectivity index (χ2n) is 4.42. The average molecular weight is 310 g/mol. The van der Waals surface area contributed by atoms with Gasteiger partial charge < -0.3 is 18.9 Å². The number of rotatable bonds is 4. The third-order valence-corrected chi connectivity index (χ3v) is 2.61. The molecular formula is C12H16F2O7. The molecule has 1 rings (SSSR count). The molecule has 1 heterocycles. The van der Waals surface area contributed by atoms with Crippen molar-refractivity contribution in [3.8, 4) is 0 Å². The smallest absolute Gasteiger partial charge is 0.303 e. The summed E-state index contributed by atoms with van der Waals surface area (Å²) < 4.78 is 46.1. The molecule has 0 bridgehead atoms. The number of ether oxygens (including phenoxy) is 4. The minimum absolute atomic E-state index is 0.474. The van der Waals surface area contributed by atoms with Gasteiger partial charge in [0, 0.05) is 20.8 Å². The van der Waals surface area contributed by atoms with Gasteiger partial charge >= 0.3 is 17.9 Å². The average Bonchev–Trinajstić information content (AvgIpc) is 2.35. The highest BCUT2D eigenvalue weighted by atomic mass is 19.2. The summed E-state index contributed by atoms with van der Waals surface area (Å²) in [4.78, 5) is 32.8. The molecule has 21 heavy (non-hydrogen) atoms. The van der Waals surface area contributed by atoms with E-state index in [1.54, 1.807) is 0 Å². The maximum atomic E-state index is 13.8. The van der Waals surface area contributed by atoms with E-state index < -0.39 is 55.4 Å². The van der Waals surface area contributed by atoms with E-state index in [9.17, 15) is 23.2 Å². The first-order valence-electron chi connectivity index (χ1n) is 6.13. The minimum atomic E-state index is -2.40. The van der Waals surface area contributed by atoms with Crippen LogP contribution in [0.25, 0.3) is 0 Å². The zero-order valence-electron chi connectivity index (χ0n) is 11.7. The van der Waals surface area contributed by atoms with Crippen LogP contribution in [-0.4, -0.2) is 55.4 Å². The molecule has 0 aliphatic carbocycles. The molecule has 0 amide bonds. The quantitative estimate of drug-likeness (QED) is 0.550. The molecule has 0 N–H and O–H groups in total. The van der Waals surface area contributed by atoms with E-state index >= 15 is 0 Å². The highest BCUT2D eigenvalue weighted by molar-refractivity contribution is 5.67. The Labute approximate surface area is 119 Å². The van der Waals surface area contributed by atoms with Gasteiger partial charge in [0.05, 0.1) is 0 Å². The summed E-state index contributed by atoms with van der Waals surface area (Å²) in [7, 11) is 0. The number of hydrogen-bond donors (Lipinski definition) is 0. The molecule has 9 heteroatoms. The van der Waals surface area contributed by atoms with Gasteiger partial charge in [-0.25, -0.2) is 8.78 Å². The first-order chi connectivity index (χ1) is 9.72. The fraction of sp³-hybridized carbons (Fsp3) is 0.750. The number of esters is 3. The first-order valence-corrected chi connectivity index (χ1v) is 6.13. The van der Waals surface area contributed by atoms with Gasteiger partial charge in [0.1, 0.15) is 12.7 Å². The lowest BCUT2D eigenvalue weighted by atomic mass is 10.00. The Balaban J connectivity index is 2.94. The number of carbonyl (C=O) groups excluding carboxylic acids is 3. The lowest BCUT2D eigenvalue weighted by Crippen LogP contribution is -2.58. The molecule has 1 saturated heterocycles. The van der Waals surface area contributed by atoms with E-state index in [0.717, 1.165) is 20.8 Å². The summed E-state index contributed by atoms with van der Waals surface area (Å²) in [6.45, 7) is 2.68.